The van der Waals surface area contributed by atoms with Crippen LogP contribution < -0.4 is 5.32 Å². The quantitative estimate of drug-likeness (QED) is 0.807. The molecule has 18 heavy (non-hydrogen) atoms. The summed E-state index contributed by atoms with van der Waals surface area (Å²) in [6.07, 6.45) is 1.21. The molecule has 0 radical (unpaired) electrons. The van der Waals surface area contributed by atoms with Gasteiger partial charge in [-0.05, 0) is 19.4 Å². The molecule has 1 aromatic carbocycles. The number of aliphatic hydroxyl groups is 1. The van der Waals surface area contributed by atoms with E-state index in [4.69, 9.17) is 0 Å². The van der Waals surface area contributed by atoms with E-state index < -0.39 is 15.4 Å². The fourth-order valence-electron chi connectivity index (χ4n) is 1.79. The highest BCUT2D eigenvalue weighted by atomic mass is 32.2. The molecule has 5 heteroatoms. The minimum atomic E-state index is -3.00. The van der Waals surface area contributed by atoms with Gasteiger partial charge in [0.25, 0.3) is 0 Å². The van der Waals surface area contributed by atoms with Gasteiger partial charge in [0, 0.05) is 18.8 Å². The molecule has 2 N–H and O–H groups in total. The average molecular weight is 271 g/mol. The van der Waals surface area contributed by atoms with Crippen LogP contribution in [0.5, 0.6) is 0 Å². The molecule has 0 amide bonds. The zero-order chi connectivity index (χ0) is 13.8. The van der Waals surface area contributed by atoms with Crippen LogP contribution in [0.15, 0.2) is 30.3 Å². The van der Waals surface area contributed by atoms with Crippen molar-refractivity contribution >= 4 is 9.84 Å². The number of hydrogen-bond acceptors (Lipinski definition) is 4. The van der Waals surface area contributed by atoms with Crippen molar-refractivity contribution < 1.29 is 13.5 Å². The van der Waals surface area contributed by atoms with Gasteiger partial charge in [0.15, 0.2) is 0 Å². The standard InChI is InChI=1S/C13H21NO3S/c1-11(9-18(3,16)17)14-10-13(2,15)12-7-5-4-6-8-12/h4-8,11,14-15H,9-10H2,1-3H3. The van der Waals surface area contributed by atoms with Crippen molar-refractivity contribution in [1.82, 2.24) is 5.32 Å². The van der Waals surface area contributed by atoms with E-state index in [1.54, 1.807) is 13.8 Å². The van der Waals surface area contributed by atoms with E-state index in [2.05, 4.69) is 5.32 Å². The van der Waals surface area contributed by atoms with Gasteiger partial charge in [-0.1, -0.05) is 30.3 Å². The Morgan fingerprint density at radius 1 is 1.33 bits per heavy atom. The predicted octanol–water partition coefficient (Wildman–Crippen LogP) is 0.917. The summed E-state index contributed by atoms with van der Waals surface area (Å²) in [5, 5.41) is 13.4. The Labute approximate surface area is 109 Å². The molecule has 0 saturated heterocycles. The van der Waals surface area contributed by atoms with Crippen LogP contribution in [0.1, 0.15) is 19.4 Å². The number of nitrogens with one attached hydrogen (secondary N) is 1. The lowest BCUT2D eigenvalue weighted by molar-refractivity contribution is 0.0550. The molecule has 2 unspecified atom stereocenters. The molecule has 1 rings (SSSR count). The summed E-state index contributed by atoms with van der Waals surface area (Å²) >= 11 is 0. The first-order valence-electron chi connectivity index (χ1n) is 5.90. The summed E-state index contributed by atoms with van der Waals surface area (Å²) in [5.41, 5.74) is -0.198. The second kappa shape index (κ2) is 5.82. The summed E-state index contributed by atoms with van der Waals surface area (Å²) in [4.78, 5) is 0. The Hall–Kier alpha value is -0.910. The third kappa shape index (κ3) is 5.16. The van der Waals surface area contributed by atoms with Gasteiger partial charge in [0.1, 0.15) is 9.84 Å². The van der Waals surface area contributed by atoms with Gasteiger partial charge in [-0.2, -0.15) is 0 Å². The molecular formula is C13H21NO3S. The van der Waals surface area contributed by atoms with Crippen LogP contribution >= 0.6 is 0 Å². The van der Waals surface area contributed by atoms with Gasteiger partial charge in [-0.3, -0.25) is 0 Å². The van der Waals surface area contributed by atoms with Gasteiger partial charge < -0.3 is 10.4 Å². The molecule has 0 saturated carbocycles. The van der Waals surface area contributed by atoms with Gasteiger partial charge >= 0.3 is 0 Å². The highest BCUT2D eigenvalue weighted by Gasteiger charge is 2.23. The van der Waals surface area contributed by atoms with Crippen molar-refractivity contribution in [2.45, 2.75) is 25.5 Å². The molecule has 4 nitrogen and oxygen atoms in total. The lowest BCUT2D eigenvalue weighted by atomic mass is 9.96. The maximum Gasteiger partial charge on any atom is 0.148 e. The molecule has 0 aromatic heterocycles. The smallest absolute Gasteiger partial charge is 0.148 e. The lowest BCUT2D eigenvalue weighted by Gasteiger charge is -2.26. The van der Waals surface area contributed by atoms with Crippen LogP contribution in [0, 0.1) is 0 Å². The second-order valence-electron chi connectivity index (χ2n) is 5.01. The zero-order valence-electron chi connectivity index (χ0n) is 11.1. The summed E-state index contributed by atoms with van der Waals surface area (Å²) < 4.78 is 22.3. The molecule has 0 aliphatic carbocycles. The summed E-state index contributed by atoms with van der Waals surface area (Å²) in [5.74, 6) is 0.0673. The fraction of sp³-hybridized carbons (Fsp3) is 0.538. The third-order valence-corrected chi connectivity index (χ3v) is 3.85. The summed E-state index contributed by atoms with van der Waals surface area (Å²) in [6.45, 7) is 3.82. The maximum atomic E-state index is 11.1. The molecule has 0 spiro atoms. The van der Waals surface area contributed by atoms with E-state index >= 15 is 0 Å². The van der Waals surface area contributed by atoms with E-state index in [-0.39, 0.29) is 11.8 Å². The Morgan fingerprint density at radius 3 is 2.39 bits per heavy atom. The van der Waals surface area contributed by atoms with E-state index in [0.29, 0.717) is 6.54 Å². The van der Waals surface area contributed by atoms with E-state index in [1.165, 1.54) is 6.26 Å². The van der Waals surface area contributed by atoms with E-state index in [0.717, 1.165) is 5.56 Å². The Morgan fingerprint density at radius 2 is 1.89 bits per heavy atom. The van der Waals surface area contributed by atoms with Crippen LogP contribution in [0.25, 0.3) is 0 Å². The van der Waals surface area contributed by atoms with Gasteiger partial charge in [-0.25, -0.2) is 8.42 Å². The molecule has 0 bridgehead atoms. The Bertz CT molecular complexity index is 468. The van der Waals surface area contributed by atoms with E-state index in [1.807, 2.05) is 30.3 Å². The highest BCUT2D eigenvalue weighted by molar-refractivity contribution is 7.90. The summed E-state index contributed by atoms with van der Waals surface area (Å²) in [7, 11) is -3.00. The Balaban J connectivity index is 2.57. The van der Waals surface area contributed by atoms with Crippen molar-refractivity contribution in [2.24, 2.45) is 0 Å². The van der Waals surface area contributed by atoms with E-state index in [9.17, 15) is 13.5 Å². The average Bonchev–Trinajstić information content (AvgIpc) is 2.26. The number of sulfone groups is 1. The normalized spacial score (nSPS) is 17.1. The van der Waals surface area contributed by atoms with Gasteiger partial charge in [0.05, 0.1) is 11.4 Å². The van der Waals surface area contributed by atoms with Crippen LogP contribution in [0.3, 0.4) is 0 Å². The molecule has 0 fully saturated rings. The van der Waals surface area contributed by atoms with Crippen LogP contribution in [0.4, 0.5) is 0 Å². The predicted molar refractivity (Wildman–Crippen MR) is 73.2 cm³/mol. The number of hydrogen-bond donors (Lipinski definition) is 2. The molecule has 1 aromatic rings. The first-order valence-corrected chi connectivity index (χ1v) is 7.96. The monoisotopic (exact) mass is 271 g/mol. The Kier molecular flexibility index (Phi) is 4.90. The SMILES string of the molecule is CC(CS(C)(=O)=O)NCC(C)(O)c1ccccc1. The molecule has 102 valence electrons. The maximum absolute atomic E-state index is 11.1. The first kappa shape index (κ1) is 15.1. The molecule has 0 aliphatic rings. The minimum absolute atomic E-state index is 0.0673. The molecular weight excluding hydrogens is 250 g/mol. The van der Waals surface area contributed by atoms with Gasteiger partial charge in [0.2, 0.25) is 0 Å². The van der Waals surface area contributed by atoms with Crippen LogP contribution in [-0.4, -0.2) is 38.1 Å². The van der Waals surface area contributed by atoms with Gasteiger partial charge in [-0.15, -0.1) is 0 Å². The lowest BCUT2D eigenvalue weighted by Crippen LogP contribution is -2.42. The highest BCUT2D eigenvalue weighted by Crippen LogP contribution is 2.19. The molecule has 0 aliphatic heterocycles. The van der Waals surface area contributed by atoms with Crippen LogP contribution in [-0.2, 0) is 15.4 Å². The van der Waals surface area contributed by atoms with Crippen molar-refractivity contribution in [2.75, 3.05) is 18.6 Å². The molecule has 2 atom stereocenters. The second-order valence-corrected chi connectivity index (χ2v) is 7.20. The largest absolute Gasteiger partial charge is 0.384 e. The third-order valence-electron chi connectivity index (χ3n) is 2.74. The zero-order valence-corrected chi connectivity index (χ0v) is 11.9. The van der Waals surface area contributed by atoms with Crippen molar-refractivity contribution in [3.63, 3.8) is 0 Å². The van der Waals surface area contributed by atoms with Crippen molar-refractivity contribution in [1.29, 1.82) is 0 Å². The number of benzene rings is 1. The first-order chi connectivity index (χ1) is 8.21. The van der Waals surface area contributed by atoms with Crippen LogP contribution in [0.2, 0.25) is 0 Å². The molecule has 0 heterocycles. The minimum Gasteiger partial charge on any atom is -0.384 e. The number of rotatable bonds is 6. The fourth-order valence-corrected chi connectivity index (χ4v) is 2.81. The summed E-state index contributed by atoms with van der Waals surface area (Å²) in [6, 6.07) is 9.13. The van der Waals surface area contributed by atoms with Crippen molar-refractivity contribution in [3.8, 4) is 0 Å². The topological polar surface area (TPSA) is 66.4 Å². The van der Waals surface area contributed by atoms with Crippen molar-refractivity contribution in [3.05, 3.63) is 35.9 Å².